The number of aromatic nitrogens is 2. The average Bonchev–Trinajstić information content (AvgIpc) is 2.75. The van der Waals surface area contributed by atoms with Crippen molar-refractivity contribution >= 4 is 17.2 Å². The number of fused-ring (bicyclic) bond motifs is 1. The molecular weight excluding hydrogens is 312 g/mol. The third-order valence-electron chi connectivity index (χ3n) is 2.84. The molecule has 92 valence electrons. The quantitative estimate of drug-likeness (QED) is 0.652. The van der Waals surface area contributed by atoms with Crippen LogP contribution in [0.3, 0.4) is 0 Å². The van der Waals surface area contributed by atoms with Crippen LogP contribution in [0.1, 0.15) is 5.69 Å². The van der Waals surface area contributed by atoms with Gasteiger partial charge in [-0.15, -0.1) is 0 Å². The summed E-state index contributed by atoms with van der Waals surface area (Å²) in [6.07, 6.45) is 2.05. The molecule has 0 aliphatic rings. The summed E-state index contributed by atoms with van der Waals surface area (Å²) in [5.74, 6) is 0. The van der Waals surface area contributed by atoms with Crippen LogP contribution in [0.4, 0.5) is 0 Å². The zero-order valence-corrected chi connectivity index (χ0v) is 12.1. The molecule has 0 aliphatic carbocycles. The highest BCUT2D eigenvalue weighted by Gasteiger charge is 2.04. The van der Waals surface area contributed by atoms with E-state index in [1.807, 2.05) is 42.6 Å². The Kier molecular flexibility index (Phi) is 3.73. The first-order chi connectivity index (χ1) is 8.24. The SMILES string of the molecule is Cc1cccc2nc(-c3ccc(Cl)cc3)cn12.[Br-]. The van der Waals surface area contributed by atoms with Gasteiger partial charge in [0.25, 0.3) is 0 Å². The van der Waals surface area contributed by atoms with Crippen LogP contribution in [0.15, 0.2) is 48.7 Å². The van der Waals surface area contributed by atoms with Gasteiger partial charge in [-0.1, -0.05) is 29.8 Å². The van der Waals surface area contributed by atoms with Crippen LogP contribution in [0.25, 0.3) is 16.9 Å². The Balaban J connectivity index is 0.00000120. The third kappa shape index (κ3) is 2.28. The lowest BCUT2D eigenvalue weighted by atomic mass is 10.2. The second kappa shape index (κ2) is 5.12. The van der Waals surface area contributed by atoms with Gasteiger partial charge in [-0.2, -0.15) is 0 Å². The smallest absolute Gasteiger partial charge is 0.137 e. The maximum atomic E-state index is 5.88. The molecule has 1 aromatic carbocycles. The number of halogens is 2. The van der Waals surface area contributed by atoms with Crippen LogP contribution in [0, 0.1) is 6.92 Å². The lowest BCUT2D eigenvalue weighted by Crippen LogP contribution is -3.00. The minimum atomic E-state index is 0. The molecule has 2 nitrogen and oxygen atoms in total. The van der Waals surface area contributed by atoms with Gasteiger partial charge >= 0.3 is 0 Å². The van der Waals surface area contributed by atoms with Crippen LogP contribution in [0.5, 0.6) is 0 Å². The van der Waals surface area contributed by atoms with E-state index < -0.39 is 0 Å². The summed E-state index contributed by atoms with van der Waals surface area (Å²) in [5, 5.41) is 0.744. The largest absolute Gasteiger partial charge is 1.00 e. The minimum absolute atomic E-state index is 0. The van der Waals surface area contributed by atoms with Crippen molar-refractivity contribution < 1.29 is 17.0 Å². The summed E-state index contributed by atoms with van der Waals surface area (Å²) >= 11 is 5.88. The number of benzene rings is 1. The highest BCUT2D eigenvalue weighted by molar-refractivity contribution is 6.30. The topological polar surface area (TPSA) is 17.3 Å². The van der Waals surface area contributed by atoms with Gasteiger partial charge in [0.05, 0.1) is 5.69 Å². The summed E-state index contributed by atoms with van der Waals surface area (Å²) in [6, 6.07) is 13.8. The molecule has 2 heterocycles. The molecule has 0 fully saturated rings. The van der Waals surface area contributed by atoms with Crippen LogP contribution in [-0.4, -0.2) is 9.38 Å². The van der Waals surface area contributed by atoms with E-state index in [1.165, 1.54) is 5.69 Å². The molecule has 18 heavy (non-hydrogen) atoms. The molecule has 0 radical (unpaired) electrons. The van der Waals surface area contributed by atoms with Crippen LogP contribution in [0.2, 0.25) is 5.02 Å². The summed E-state index contributed by atoms with van der Waals surface area (Å²) in [5.41, 5.74) is 4.19. The van der Waals surface area contributed by atoms with Gasteiger partial charge in [-0.25, -0.2) is 4.98 Å². The van der Waals surface area contributed by atoms with Crippen molar-refractivity contribution in [3.8, 4) is 11.3 Å². The van der Waals surface area contributed by atoms with E-state index in [0.717, 1.165) is 21.9 Å². The van der Waals surface area contributed by atoms with Gasteiger partial charge in [0.2, 0.25) is 0 Å². The van der Waals surface area contributed by atoms with Gasteiger partial charge in [-0.3, -0.25) is 0 Å². The van der Waals surface area contributed by atoms with E-state index in [4.69, 9.17) is 11.6 Å². The first kappa shape index (κ1) is 13.1. The maximum absolute atomic E-state index is 5.88. The highest BCUT2D eigenvalue weighted by Crippen LogP contribution is 2.21. The van der Waals surface area contributed by atoms with Crippen molar-refractivity contribution in [1.82, 2.24) is 9.38 Å². The Morgan fingerprint density at radius 3 is 2.44 bits per heavy atom. The molecule has 0 saturated heterocycles. The molecule has 3 aromatic rings. The normalized spacial score (nSPS) is 10.3. The molecular formula is C14H11BrClN2-. The van der Waals surface area contributed by atoms with Crippen molar-refractivity contribution in [3.63, 3.8) is 0 Å². The number of pyridine rings is 1. The predicted octanol–water partition coefficient (Wildman–Crippen LogP) is 0.967. The summed E-state index contributed by atoms with van der Waals surface area (Å²) in [7, 11) is 0. The molecule has 0 aliphatic heterocycles. The van der Waals surface area contributed by atoms with E-state index in [9.17, 15) is 0 Å². The number of nitrogens with zero attached hydrogens (tertiary/aromatic N) is 2. The average molecular weight is 323 g/mol. The highest BCUT2D eigenvalue weighted by atomic mass is 79.9. The fraction of sp³-hybridized carbons (Fsp3) is 0.0714. The molecule has 0 saturated carbocycles. The standard InChI is InChI=1S/C14H11ClN2.BrH/c1-10-3-2-4-14-16-13(9-17(10)14)11-5-7-12(15)8-6-11;/h2-9H,1H3;1H/p-1. The molecule has 2 aromatic heterocycles. The van der Waals surface area contributed by atoms with Crippen molar-refractivity contribution in [1.29, 1.82) is 0 Å². The lowest BCUT2D eigenvalue weighted by molar-refractivity contribution is -0.00000345. The summed E-state index contributed by atoms with van der Waals surface area (Å²) < 4.78 is 2.09. The first-order valence-electron chi connectivity index (χ1n) is 5.45. The van der Waals surface area contributed by atoms with Crippen LogP contribution in [-0.2, 0) is 0 Å². The van der Waals surface area contributed by atoms with Crippen molar-refractivity contribution in [3.05, 3.63) is 59.4 Å². The van der Waals surface area contributed by atoms with Crippen molar-refractivity contribution in [2.45, 2.75) is 6.92 Å². The maximum Gasteiger partial charge on any atom is 0.137 e. The fourth-order valence-electron chi connectivity index (χ4n) is 1.91. The molecule has 0 amide bonds. The van der Waals surface area contributed by atoms with Gasteiger partial charge in [0.15, 0.2) is 0 Å². The zero-order chi connectivity index (χ0) is 11.8. The van der Waals surface area contributed by atoms with Gasteiger partial charge in [-0.05, 0) is 31.2 Å². The predicted molar refractivity (Wildman–Crippen MR) is 70.4 cm³/mol. The molecule has 0 unspecified atom stereocenters. The molecule has 3 rings (SSSR count). The monoisotopic (exact) mass is 321 g/mol. The number of aryl methyl sites for hydroxylation is 1. The van der Waals surface area contributed by atoms with Crippen LogP contribution >= 0.6 is 11.6 Å². The third-order valence-corrected chi connectivity index (χ3v) is 3.09. The first-order valence-corrected chi connectivity index (χ1v) is 5.82. The Morgan fingerprint density at radius 1 is 1.06 bits per heavy atom. The van der Waals surface area contributed by atoms with E-state index in [-0.39, 0.29) is 17.0 Å². The number of hydrogen-bond donors (Lipinski definition) is 0. The second-order valence-corrected chi connectivity index (χ2v) is 4.46. The fourth-order valence-corrected chi connectivity index (χ4v) is 2.03. The Labute approximate surface area is 121 Å². The zero-order valence-electron chi connectivity index (χ0n) is 9.77. The molecule has 0 bridgehead atoms. The van der Waals surface area contributed by atoms with Crippen LogP contribution < -0.4 is 17.0 Å². The van der Waals surface area contributed by atoms with Gasteiger partial charge in [0.1, 0.15) is 5.65 Å². The number of hydrogen-bond acceptors (Lipinski definition) is 1. The van der Waals surface area contributed by atoms with E-state index in [1.54, 1.807) is 0 Å². The summed E-state index contributed by atoms with van der Waals surface area (Å²) in [4.78, 5) is 4.59. The Bertz CT molecular complexity index is 674. The van der Waals surface area contributed by atoms with E-state index in [0.29, 0.717) is 0 Å². The molecule has 4 heteroatoms. The van der Waals surface area contributed by atoms with Gasteiger partial charge in [0, 0.05) is 22.5 Å². The summed E-state index contributed by atoms with van der Waals surface area (Å²) in [6.45, 7) is 2.07. The minimum Gasteiger partial charge on any atom is -1.00 e. The number of imidazole rings is 1. The number of rotatable bonds is 1. The lowest BCUT2D eigenvalue weighted by Gasteiger charge is -1.96. The molecule has 0 N–H and O–H groups in total. The van der Waals surface area contributed by atoms with Crippen molar-refractivity contribution in [2.24, 2.45) is 0 Å². The Hall–Kier alpha value is -1.32. The van der Waals surface area contributed by atoms with Gasteiger partial charge < -0.3 is 21.4 Å². The Morgan fingerprint density at radius 2 is 1.78 bits per heavy atom. The second-order valence-electron chi connectivity index (χ2n) is 4.03. The molecule has 0 spiro atoms. The van der Waals surface area contributed by atoms with E-state index in [2.05, 4.69) is 22.4 Å². The van der Waals surface area contributed by atoms with Crippen molar-refractivity contribution in [2.75, 3.05) is 0 Å². The molecule has 0 atom stereocenters. The van der Waals surface area contributed by atoms with E-state index >= 15 is 0 Å².